The number of nitrogens with zero attached hydrogens (tertiary/aromatic N) is 2. The second-order valence-electron chi connectivity index (χ2n) is 7.47. The maximum absolute atomic E-state index is 12.5. The fourth-order valence-corrected chi connectivity index (χ4v) is 6.40. The Kier molecular flexibility index (Phi) is 6.71. The van der Waals surface area contributed by atoms with Crippen LogP contribution in [0.25, 0.3) is 0 Å². The van der Waals surface area contributed by atoms with Crippen LogP contribution in [0.1, 0.15) is 32.6 Å². The highest BCUT2D eigenvalue weighted by atomic mass is 32.2. The van der Waals surface area contributed by atoms with E-state index in [9.17, 15) is 13.2 Å². The monoisotopic (exact) mass is 399 g/mol. The number of likely N-dealkylation sites (tertiary alicyclic amines) is 1. The predicted octanol–water partition coefficient (Wildman–Crippen LogP) is 2.00. The van der Waals surface area contributed by atoms with Crippen molar-refractivity contribution in [2.45, 2.75) is 36.8 Å². The predicted molar refractivity (Wildman–Crippen MR) is 104 cm³/mol. The highest BCUT2D eigenvalue weighted by Gasteiger charge is 2.32. The van der Waals surface area contributed by atoms with E-state index < -0.39 is 10.0 Å². The molecule has 1 amide bonds. The van der Waals surface area contributed by atoms with Crippen LogP contribution >= 0.6 is 11.3 Å². The van der Waals surface area contributed by atoms with Gasteiger partial charge in [-0.25, -0.2) is 8.42 Å². The van der Waals surface area contributed by atoms with Crippen LogP contribution in [0.15, 0.2) is 21.7 Å². The van der Waals surface area contributed by atoms with Gasteiger partial charge in [-0.2, -0.15) is 4.31 Å². The fraction of sp³-hybridized carbons (Fsp3) is 0.722. The molecule has 2 saturated heterocycles. The van der Waals surface area contributed by atoms with Gasteiger partial charge in [0.15, 0.2) is 0 Å². The minimum Gasteiger partial charge on any atom is -0.356 e. The van der Waals surface area contributed by atoms with Crippen LogP contribution in [0.3, 0.4) is 0 Å². The first-order chi connectivity index (χ1) is 12.5. The first-order valence-corrected chi connectivity index (χ1v) is 11.8. The summed E-state index contributed by atoms with van der Waals surface area (Å²) in [6, 6.07) is 3.39. The van der Waals surface area contributed by atoms with E-state index in [1.807, 2.05) is 0 Å². The van der Waals surface area contributed by atoms with Crippen molar-refractivity contribution in [2.24, 2.45) is 11.8 Å². The molecule has 1 N–H and O–H groups in total. The van der Waals surface area contributed by atoms with Crippen LogP contribution in [-0.2, 0) is 14.8 Å². The second kappa shape index (κ2) is 8.82. The Balaban J connectivity index is 1.42. The molecule has 0 aromatic carbocycles. The summed E-state index contributed by atoms with van der Waals surface area (Å²) in [6.07, 6.45) is 3.76. The van der Waals surface area contributed by atoms with Crippen LogP contribution in [0.2, 0.25) is 0 Å². The molecule has 8 heteroatoms. The highest BCUT2D eigenvalue weighted by Crippen LogP contribution is 2.26. The quantitative estimate of drug-likeness (QED) is 0.761. The molecule has 0 saturated carbocycles. The van der Waals surface area contributed by atoms with E-state index in [0.717, 1.165) is 6.54 Å². The molecular formula is C18H29N3O3S2. The van der Waals surface area contributed by atoms with Gasteiger partial charge in [-0.05, 0) is 56.1 Å². The number of thiophene rings is 1. The normalized spacial score (nSPS) is 21.7. The van der Waals surface area contributed by atoms with Crippen LogP contribution in [0, 0.1) is 11.8 Å². The van der Waals surface area contributed by atoms with Crippen LogP contribution in [-0.4, -0.2) is 62.8 Å². The van der Waals surface area contributed by atoms with Crippen molar-refractivity contribution in [3.63, 3.8) is 0 Å². The number of carbonyl (C=O) groups excluding carboxylic acids is 1. The highest BCUT2D eigenvalue weighted by molar-refractivity contribution is 7.91. The van der Waals surface area contributed by atoms with Gasteiger partial charge in [-0.15, -0.1) is 11.3 Å². The van der Waals surface area contributed by atoms with E-state index in [1.165, 1.54) is 41.6 Å². The first kappa shape index (κ1) is 19.8. The summed E-state index contributed by atoms with van der Waals surface area (Å²) < 4.78 is 27.0. The Morgan fingerprint density at radius 2 is 1.96 bits per heavy atom. The fourth-order valence-electron chi connectivity index (χ4n) is 3.79. The molecule has 2 fully saturated rings. The third-order valence-corrected chi connectivity index (χ3v) is 8.58. The minimum atomic E-state index is -3.39. The number of carbonyl (C=O) groups is 1. The molecule has 146 valence electrons. The molecule has 26 heavy (non-hydrogen) atoms. The third kappa shape index (κ3) is 4.85. The summed E-state index contributed by atoms with van der Waals surface area (Å²) in [5.74, 6) is 0.437. The molecule has 2 aliphatic heterocycles. The van der Waals surface area contributed by atoms with Crippen molar-refractivity contribution in [3.8, 4) is 0 Å². The standard InChI is InChI=1S/C18H29N3O3S2/c1-15(14-20-8-2-3-9-20)13-19-18(22)16-6-10-21(11-7-16)26(23,24)17-5-4-12-25-17/h4-5,12,15-16H,2-3,6-11,13-14H2,1H3,(H,19,22). The lowest BCUT2D eigenvalue weighted by molar-refractivity contribution is -0.126. The van der Waals surface area contributed by atoms with E-state index in [-0.39, 0.29) is 11.8 Å². The zero-order chi connectivity index (χ0) is 18.6. The molecular weight excluding hydrogens is 370 g/mol. The molecule has 1 unspecified atom stereocenters. The smallest absolute Gasteiger partial charge is 0.252 e. The number of piperidine rings is 1. The third-order valence-electron chi connectivity index (χ3n) is 5.31. The van der Waals surface area contributed by atoms with Crippen molar-refractivity contribution in [1.82, 2.24) is 14.5 Å². The number of amides is 1. The molecule has 1 aromatic heterocycles. The Labute approximate surface area is 160 Å². The molecule has 0 radical (unpaired) electrons. The van der Waals surface area contributed by atoms with Crippen molar-refractivity contribution in [3.05, 3.63) is 17.5 Å². The molecule has 0 bridgehead atoms. The van der Waals surface area contributed by atoms with Crippen molar-refractivity contribution >= 4 is 27.3 Å². The summed E-state index contributed by atoms with van der Waals surface area (Å²) in [6.45, 7) is 7.10. The van der Waals surface area contributed by atoms with Gasteiger partial charge in [0.25, 0.3) is 10.0 Å². The van der Waals surface area contributed by atoms with Gasteiger partial charge in [0, 0.05) is 32.1 Å². The zero-order valence-corrected chi connectivity index (χ0v) is 17.0. The molecule has 6 nitrogen and oxygen atoms in total. The average molecular weight is 400 g/mol. The maximum Gasteiger partial charge on any atom is 0.252 e. The summed E-state index contributed by atoms with van der Waals surface area (Å²) in [5, 5.41) is 4.85. The number of rotatable bonds is 7. The van der Waals surface area contributed by atoms with E-state index in [0.29, 0.717) is 42.6 Å². The SMILES string of the molecule is CC(CNC(=O)C1CCN(S(=O)(=O)c2cccs2)CC1)CN1CCCC1. The Bertz CT molecular complexity index is 677. The Morgan fingerprint density at radius 1 is 1.27 bits per heavy atom. The van der Waals surface area contributed by atoms with E-state index in [4.69, 9.17) is 0 Å². The Hall–Kier alpha value is -0.960. The summed E-state index contributed by atoms with van der Waals surface area (Å²) in [4.78, 5) is 14.9. The topological polar surface area (TPSA) is 69.7 Å². The van der Waals surface area contributed by atoms with Gasteiger partial charge in [-0.1, -0.05) is 13.0 Å². The van der Waals surface area contributed by atoms with Gasteiger partial charge >= 0.3 is 0 Å². The number of hydrogen-bond acceptors (Lipinski definition) is 5. The van der Waals surface area contributed by atoms with Gasteiger partial charge in [0.05, 0.1) is 0 Å². The minimum absolute atomic E-state index is 0.0754. The van der Waals surface area contributed by atoms with Crippen LogP contribution in [0.5, 0.6) is 0 Å². The molecule has 2 aliphatic rings. The number of sulfonamides is 1. The lowest BCUT2D eigenvalue weighted by atomic mass is 9.97. The molecule has 1 aromatic rings. The summed E-state index contributed by atoms with van der Waals surface area (Å²) in [7, 11) is -3.39. The van der Waals surface area contributed by atoms with Gasteiger partial charge in [-0.3, -0.25) is 4.79 Å². The van der Waals surface area contributed by atoms with Crippen molar-refractivity contribution in [2.75, 3.05) is 39.3 Å². The second-order valence-corrected chi connectivity index (χ2v) is 10.6. The van der Waals surface area contributed by atoms with Gasteiger partial charge in [0.1, 0.15) is 4.21 Å². The largest absolute Gasteiger partial charge is 0.356 e. The lowest BCUT2D eigenvalue weighted by Gasteiger charge is -2.30. The number of hydrogen-bond donors (Lipinski definition) is 1. The lowest BCUT2D eigenvalue weighted by Crippen LogP contribution is -2.44. The van der Waals surface area contributed by atoms with Crippen LogP contribution < -0.4 is 5.32 Å². The average Bonchev–Trinajstić information content (AvgIpc) is 3.34. The Morgan fingerprint density at radius 3 is 2.58 bits per heavy atom. The maximum atomic E-state index is 12.5. The van der Waals surface area contributed by atoms with Gasteiger partial charge < -0.3 is 10.2 Å². The summed E-state index contributed by atoms with van der Waals surface area (Å²) >= 11 is 1.24. The first-order valence-electron chi connectivity index (χ1n) is 9.50. The number of nitrogens with one attached hydrogen (secondary N) is 1. The van der Waals surface area contributed by atoms with Crippen LogP contribution in [0.4, 0.5) is 0 Å². The van der Waals surface area contributed by atoms with Crippen molar-refractivity contribution in [1.29, 1.82) is 0 Å². The molecule has 0 spiro atoms. The van der Waals surface area contributed by atoms with Gasteiger partial charge in [0.2, 0.25) is 5.91 Å². The van der Waals surface area contributed by atoms with E-state index >= 15 is 0 Å². The zero-order valence-electron chi connectivity index (χ0n) is 15.4. The molecule has 3 heterocycles. The van der Waals surface area contributed by atoms with E-state index in [2.05, 4.69) is 17.1 Å². The van der Waals surface area contributed by atoms with E-state index in [1.54, 1.807) is 17.5 Å². The van der Waals surface area contributed by atoms with Crippen molar-refractivity contribution < 1.29 is 13.2 Å². The molecule has 3 rings (SSSR count). The summed E-state index contributed by atoms with van der Waals surface area (Å²) in [5.41, 5.74) is 0. The molecule has 0 aliphatic carbocycles. The molecule has 1 atom stereocenters.